The predicted octanol–water partition coefficient (Wildman–Crippen LogP) is 3.06. The molecular weight excluding hydrogens is 338 g/mol. The van der Waals surface area contributed by atoms with Crippen LogP contribution in [0.5, 0.6) is 0 Å². The number of nitrogens with zero attached hydrogens (tertiary/aromatic N) is 1. The summed E-state index contributed by atoms with van der Waals surface area (Å²) in [4.78, 5) is 12.0. The average molecular weight is 353 g/mol. The molecule has 0 bridgehead atoms. The Kier molecular flexibility index (Phi) is 4.90. The topological polar surface area (TPSA) is 72.8 Å². The fourth-order valence-electron chi connectivity index (χ4n) is 2.19. The molecule has 0 saturated heterocycles. The Labute approximate surface area is 146 Å². The van der Waals surface area contributed by atoms with E-state index in [-0.39, 0.29) is 28.8 Å². The molecule has 0 saturated carbocycles. The third-order valence-corrected chi connectivity index (χ3v) is 4.75. The lowest BCUT2D eigenvalue weighted by molar-refractivity contribution is -0.114. The zero-order chi connectivity index (χ0) is 17.7. The number of sulfonamides is 1. The molecule has 6 heteroatoms. The number of ketones is 1. The molecule has 5 nitrogen and oxygen atoms in total. The quantitative estimate of drug-likeness (QED) is 0.775. The lowest BCUT2D eigenvalue weighted by Crippen LogP contribution is -2.12. The summed E-state index contributed by atoms with van der Waals surface area (Å²) < 4.78 is 33.9. The minimum atomic E-state index is -3.84. The van der Waals surface area contributed by atoms with Gasteiger partial charge in [0.1, 0.15) is 6.61 Å². The van der Waals surface area contributed by atoms with E-state index in [9.17, 15) is 13.2 Å². The van der Waals surface area contributed by atoms with Crippen LogP contribution in [0.2, 0.25) is 0 Å². The van der Waals surface area contributed by atoms with Crippen molar-refractivity contribution in [2.45, 2.75) is 11.5 Å². The Morgan fingerprint density at radius 1 is 0.880 bits per heavy atom. The van der Waals surface area contributed by atoms with Crippen molar-refractivity contribution in [3.63, 3.8) is 0 Å². The summed E-state index contributed by atoms with van der Waals surface area (Å²) in [7, 11) is -3.84. The second-order valence-corrected chi connectivity index (χ2v) is 6.89. The Morgan fingerprint density at radius 3 is 2.20 bits per heavy atom. The van der Waals surface area contributed by atoms with Crippen molar-refractivity contribution >= 4 is 21.5 Å². The molecule has 0 N–H and O–H groups in total. The van der Waals surface area contributed by atoms with Crippen LogP contribution in [0.25, 0.3) is 0 Å². The number of allylic oxidation sites excluding steroid dienone is 3. The van der Waals surface area contributed by atoms with E-state index in [1.165, 1.54) is 30.4 Å². The van der Waals surface area contributed by atoms with Crippen molar-refractivity contribution < 1.29 is 17.9 Å². The lowest BCUT2D eigenvalue weighted by atomic mass is 10.1. The van der Waals surface area contributed by atoms with Gasteiger partial charge in [-0.05, 0) is 29.8 Å². The largest absolute Gasteiger partial charge is 0.485 e. The maximum atomic E-state index is 12.3. The highest BCUT2D eigenvalue weighted by Crippen LogP contribution is 2.16. The molecule has 0 amide bonds. The monoisotopic (exact) mass is 353 g/mol. The van der Waals surface area contributed by atoms with Crippen molar-refractivity contribution in [1.82, 2.24) is 0 Å². The van der Waals surface area contributed by atoms with Crippen LogP contribution in [0.3, 0.4) is 0 Å². The molecule has 0 heterocycles. The molecule has 1 aliphatic carbocycles. The molecule has 126 valence electrons. The van der Waals surface area contributed by atoms with E-state index in [0.717, 1.165) is 5.56 Å². The van der Waals surface area contributed by atoms with Crippen molar-refractivity contribution in [3.8, 4) is 0 Å². The van der Waals surface area contributed by atoms with Crippen LogP contribution >= 0.6 is 0 Å². The van der Waals surface area contributed by atoms with E-state index >= 15 is 0 Å². The Morgan fingerprint density at radius 2 is 1.52 bits per heavy atom. The Balaban J connectivity index is 1.81. The number of rotatable bonds is 5. The smallest absolute Gasteiger partial charge is 0.282 e. The maximum absolute atomic E-state index is 12.3. The van der Waals surface area contributed by atoms with E-state index in [1.807, 2.05) is 30.3 Å². The van der Waals surface area contributed by atoms with Crippen LogP contribution in [0, 0.1) is 0 Å². The van der Waals surface area contributed by atoms with Gasteiger partial charge in [-0.3, -0.25) is 4.79 Å². The molecule has 0 fully saturated rings. The number of ether oxygens (including phenoxy) is 1. The summed E-state index contributed by atoms with van der Waals surface area (Å²) in [6, 6.07) is 17.3. The molecule has 2 aromatic carbocycles. The van der Waals surface area contributed by atoms with Crippen LogP contribution < -0.4 is 0 Å². The number of carbonyl (C=O) groups excluding carboxylic acids is 1. The van der Waals surface area contributed by atoms with E-state index in [2.05, 4.69) is 4.40 Å². The van der Waals surface area contributed by atoms with E-state index in [0.29, 0.717) is 0 Å². The second-order valence-electron chi connectivity index (χ2n) is 5.28. The van der Waals surface area contributed by atoms with Gasteiger partial charge in [0.2, 0.25) is 5.78 Å². The normalized spacial score (nSPS) is 15.9. The molecule has 25 heavy (non-hydrogen) atoms. The molecule has 0 radical (unpaired) electrons. The zero-order valence-electron chi connectivity index (χ0n) is 13.2. The Bertz CT molecular complexity index is 959. The third-order valence-electron chi connectivity index (χ3n) is 3.43. The highest BCUT2D eigenvalue weighted by atomic mass is 32.2. The van der Waals surface area contributed by atoms with Crippen molar-refractivity contribution in [2.24, 2.45) is 4.40 Å². The molecule has 0 spiro atoms. The first-order chi connectivity index (χ1) is 12.0. The van der Waals surface area contributed by atoms with Crippen LogP contribution in [-0.2, 0) is 26.2 Å². The Hall–Kier alpha value is -2.99. The summed E-state index contributed by atoms with van der Waals surface area (Å²) in [5.41, 5.74) is 1.05. The first kappa shape index (κ1) is 16.9. The van der Waals surface area contributed by atoms with Crippen LogP contribution in [-0.4, -0.2) is 19.9 Å². The van der Waals surface area contributed by atoms with Crippen molar-refractivity contribution in [1.29, 1.82) is 0 Å². The summed E-state index contributed by atoms with van der Waals surface area (Å²) in [5.74, 6) is -0.264. The van der Waals surface area contributed by atoms with Gasteiger partial charge in [-0.25, -0.2) is 0 Å². The number of hydrogen-bond donors (Lipinski definition) is 0. The summed E-state index contributed by atoms with van der Waals surface area (Å²) in [6.07, 6.45) is 3.95. The van der Waals surface area contributed by atoms with Gasteiger partial charge in [0.05, 0.1) is 10.6 Å². The van der Waals surface area contributed by atoms with Crippen LogP contribution in [0.1, 0.15) is 5.56 Å². The summed E-state index contributed by atoms with van der Waals surface area (Å²) in [5, 5.41) is 0. The summed E-state index contributed by atoms with van der Waals surface area (Å²) >= 11 is 0. The molecule has 0 aliphatic heterocycles. The molecule has 0 unspecified atom stereocenters. The molecule has 1 aliphatic rings. The van der Waals surface area contributed by atoms with E-state index < -0.39 is 10.0 Å². The maximum Gasteiger partial charge on any atom is 0.282 e. The molecule has 0 atom stereocenters. The molecule has 3 rings (SSSR count). The minimum Gasteiger partial charge on any atom is -0.485 e. The summed E-state index contributed by atoms with van der Waals surface area (Å²) in [6.45, 7) is 0.213. The highest BCUT2D eigenvalue weighted by molar-refractivity contribution is 7.90. The van der Waals surface area contributed by atoms with E-state index in [1.54, 1.807) is 18.2 Å². The third kappa shape index (κ3) is 4.30. The fraction of sp³-hybridized carbons (Fsp3) is 0.0526. The van der Waals surface area contributed by atoms with Gasteiger partial charge in [-0.2, -0.15) is 12.8 Å². The molecule has 0 aromatic heterocycles. The predicted molar refractivity (Wildman–Crippen MR) is 94.5 cm³/mol. The van der Waals surface area contributed by atoms with Gasteiger partial charge in [0, 0.05) is 6.08 Å². The van der Waals surface area contributed by atoms with Gasteiger partial charge in [-0.1, -0.05) is 48.5 Å². The molecular formula is C19H15NO4S. The zero-order valence-corrected chi connectivity index (χ0v) is 14.0. The van der Waals surface area contributed by atoms with E-state index in [4.69, 9.17) is 4.74 Å². The lowest BCUT2D eigenvalue weighted by Gasteiger charge is -2.11. The standard InChI is InChI=1S/C19H15NO4S/c21-18-12-11-16(20-25(22,23)17-9-5-2-6-10-17)13-19(18)24-14-15-7-3-1-4-8-15/h1-13H,14H2/b20-16-. The first-order valence-corrected chi connectivity index (χ1v) is 8.99. The van der Waals surface area contributed by atoms with Gasteiger partial charge < -0.3 is 4.74 Å². The highest BCUT2D eigenvalue weighted by Gasteiger charge is 2.17. The SMILES string of the molecule is O=C1C=C/C(=N/S(=O)(=O)c2ccccc2)C=C1OCc1ccccc1. The van der Waals surface area contributed by atoms with Crippen molar-refractivity contribution in [2.75, 3.05) is 0 Å². The second kappa shape index (κ2) is 7.27. The van der Waals surface area contributed by atoms with Crippen LogP contribution in [0.4, 0.5) is 0 Å². The van der Waals surface area contributed by atoms with Gasteiger partial charge in [0.15, 0.2) is 5.76 Å². The van der Waals surface area contributed by atoms with Gasteiger partial charge >= 0.3 is 0 Å². The fourth-order valence-corrected chi connectivity index (χ4v) is 3.18. The first-order valence-electron chi connectivity index (χ1n) is 7.55. The van der Waals surface area contributed by atoms with Gasteiger partial charge in [-0.15, -0.1) is 0 Å². The number of hydrogen-bond acceptors (Lipinski definition) is 4. The minimum absolute atomic E-state index is 0.0633. The van der Waals surface area contributed by atoms with Crippen molar-refractivity contribution in [3.05, 3.63) is 90.2 Å². The number of benzene rings is 2. The molecule has 2 aromatic rings. The number of carbonyl (C=O) groups is 1. The van der Waals surface area contributed by atoms with Crippen LogP contribution in [0.15, 0.2) is 93.9 Å². The van der Waals surface area contributed by atoms with Gasteiger partial charge in [0.25, 0.3) is 10.0 Å². The average Bonchev–Trinajstić information content (AvgIpc) is 2.63.